The second-order valence-electron chi connectivity index (χ2n) is 7.60. The Hall–Kier alpha value is -1.39. The maximum absolute atomic E-state index is 12.8. The summed E-state index contributed by atoms with van der Waals surface area (Å²) in [6.07, 6.45) is 3.97. The number of hydrogen-bond donors (Lipinski definition) is 1. The third-order valence-electron chi connectivity index (χ3n) is 5.07. The second kappa shape index (κ2) is 6.62. The smallest absolute Gasteiger partial charge is 0.253 e. The van der Waals surface area contributed by atoms with Crippen LogP contribution in [0.1, 0.15) is 49.0 Å². The lowest BCUT2D eigenvalue weighted by Crippen LogP contribution is -2.52. The summed E-state index contributed by atoms with van der Waals surface area (Å²) in [5, 5.41) is 9.87. The Kier molecular flexibility index (Phi) is 4.74. The molecular weight excluding hydrogens is 288 g/mol. The lowest BCUT2D eigenvalue weighted by atomic mass is 9.97. The SMILES string of the molecule is CC(C)(O)CCc1cccc(C(=O)N2CCN3CCC[C@@H]3C2)c1. The zero-order valence-electron chi connectivity index (χ0n) is 14.3. The quantitative estimate of drug-likeness (QED) is 0.927. The van der Waals surface area contributed by atoms with Gasteiger partial charge in [0, 0.05) is 31.2 Å². The van der Waals surface area contributed by atoms with E-state index in [0.717, 1.165) is 37.2 Å². The second-order valence-corrected chi connectivity index (χ2v) is 7.60. The van der Waals surface area contributed by atoms with Gasteiger partial charge >= 0.3 is 0 Å². The van der Waals surface area contributed by atoms with Gasteiger partial charge in [0.15, 0.2) is 0 Å². The molecule has 1 amide bonds. The van der Waals surface area contributed by atoms with Crippen molar-refractivity contribution in [3.05, 3.63) is 35.4 Å². The molecule has 126 valence electrons. The summed E-state index contributed by atoms with van der Waals surface area (Å²) >= 11 is 0. The fourth-order valence-electron chi connectivity index (χ4n) is 3.67. The number of fused-ring (bicyclic) bond motifs is 1. The lowest BCUT2D eigenvalue weighted by Gasteiger charge is -2.37. The van der Waals surface area contributed by atoms with Crippen molar-refractivity contribution in [3.8, 4) is 0 Å². The van der Waals surface area contributed by atoms with Crippen molar-refractivity contribution >= 4 is 5.91 Å². The van der Waals surface area contributed by atoms with Gasteiger partial charge in [0.1, 0.15) is 0 Å². The van der Waals surface area contributed by atoms with Crippen LogP contribution in [0.5, 0.6) is 0 Å². The highest BCUT2D eigenvalue weighted by Gasteiger charge is 2.32. The van der Waals surface area contributed by atoms with Gasteiger partial charge < -0.3 is 10.0 Å². The molecule has 3 rings (SSSR count). The van der Waals surface area contributed by atoms with Gasteiger partial charge in [0.05, 0.1) is 5.60 Å². The molecule has 1 aromatic carbocycles. The molecule has 2 aliphatic rings. The number of carbonyl (C=O) groups excluding carboxylic acids is 1. The van der Waals surface area contributed by atoms with E-state index in [-0.39, 0.29) is 5.91 Å². The Morgan fingerprint density at radius 1 is 1.30 bits per heavy atom. The summed E-state index contributed by atoms with van der Waals surface area (Å²) in [5.41, 5.74) is 1.24. The molecule has 0 unspecified atom stereocenters. The fraction of sp³-hybridized carbons (Fsp3) is 0.632. The first kappa shape index (κ1) is 16.5. The topological polar surface area (TPSA) is 43.8 Å². The summed E-state index contributed by atoms with van der Waals surface area (Å²) in [6.45, 7) is 7.55. The minimum atomic E-state index is -0.668. The maximum Gasteiger partial charge on any atom is 0.253 e. The predicted molar refractivity (Wildman–Crippen MR) is 91.6 cm³/mol. The van der Waals surface area contributed by atoms with Gasteiger partial charge in [0.25, 0.3) is 5.91 Å². The van der Waals surface area contributed by atoms with E-state index in [1.165, 1.54) is 19.4 Å². The first-order valence-electron chi connectivity index (χ1n) is 8.77. The summed E-state index contributed by atoms with van der Waals surface area (Å²) in [7, 11) is 0. The minimum absolute atomic E-state index is 0.154. The third kappa shape index (κ3) is 4.12. The van der Waals surface area contributed by atoms with E-state index in [0.29, 0.717) is 12.5 Å². The summed E-state index contributed by atoms with van der Waals surface area (Å²) in [5.74, 6) is 0.154. The van der Waals surface area contributed by atoms with Crippen molar-refractivity contribution in [2.45, 2.75) is 51.2 Å². The number of aryl methyl sites for hydroxylation is 1. The number of hydrogen-bond acceptors (Lipinski definition) is 3. The standard InChI is InChI=1S/C19H28N2O2/c1-19(2,23)9-8-15-5-3-6-16(13-15)18(22)21-12-11-20-10-4-7-17(20)14-21/h3,5-6,13,17,23H,4,7-12,14H2,1-2H3/t17-/m1/s1. The highest BCUT2D eigenvalue weighted by Crippen LogP contribution is 2.23. The van der Waals surface area contributed by atoms with E-state index < -0.39 is 5.60 Å². The van der Waals surface area contributed by atoms with Crippen molar-refractivity contribution in [2.24, 2.45) is 0 Å². The van der Waals surface area contributed by atoms with Gasteiger partial charge in [-0.15, -0.1) is 0 Å². The average Bonchev–Trinajstić information content (AvgIpc) is 2.99. The van der Waals surface area contributed by atoms with E-state index in [1.54, 1.807) is 0 Å². The highest BCUT2D eigenvalue weighted by molar-refractivity contribution is 5.94. The van der Waals surface area contributed by atoms with Crippen molar-refractivity contribution in [1.82, 2.24) is 9.80 Å². The molecule has 1 N–H and O–H groups in total. The number of amides is 1. The first-order valence-corrected chi connectivity index (χ1v) is 8.77. The molecule has 0 bridgehead atoms. The van der Waals surface area contributed by atoms with Crippen LogP contribution in [0.2, 0.25) is 0 Å². The number of carbonyl (C=O) groups is 1. The molecule has 1 atom stereocenters. The molecule has 0 aromatic heterocycles. The first-order chi connectivity index (χ1) is 10.9. The van der Waals surface area contributed by atoms with Crippen LogP contribution in [-0.2, 0) is 6.42 Å². The van der Waals surface area contributed by atoms with E-state index in [4.69, 9.17) is 0 Å². The zero-order valence-corrected chi connectivity index (χ0v) is 14.3. The van der Waals surface area contributed by atoms with Gasteiger partial charge in [-0.25, -0.2) is 0 Å². The van der Waals surface area contributed by atoms with Crippen LogP contribution in [-0.4, -0.2) is 58.6 Å². The van der Waals surface area contributed by atoms with Crippen LogP contribution in [0.25, 0.3) is 0 Å². The molecule has 0 radical (unpaired) electrons. The van der Waals surface area contributed by atoms with Crippen LogP contribution in [0.3, 0.4) is 0 Å². The molecule has 0 spiro atoms. The number of piperazine rings is 1. The molecule has 2 aliphatic heterocycles. The Labute approximate surface area is 139 Å². The van der Waals surface area contributed by atoms with Gasteiger partial charge in [0.2, 0.25) is 0 Å². The van der Waals surface area contributed by atoms with Gasteiger partial charge in [-0.3, -0.25) is 9.69 Å². The Morgan fingerprint density at radius 2 is 2.13 bits per heavy atom. The summed E-state index contributed by atoms with van der Waals surface area (Å²) in [6, 6.07) is 8.47. The Morgan fingerprint density at radius 3 is 2.91 bits per heavy atom. The van der Waals surface area contributed by atoms with Crippen molar-refractivity contribution in [1.29, 1.82) is 0 Å². The molecule has 4 nitrogen and oxygen atoms in total. The average molecular weight is 316 g/mol. The zero-order chi connectivity index (χ0) is 16.4. The minimum Gasteiger partial charge on any atom is -0.390 e. The van der Waals surface area contributed by atoms with E-state index in [2.05, 4.69) is 4.90 Å². The van der Waals surface area contributed by atoms with Crippen molar-refractivity contribution in [3.63, 3.8) is 0 Å². The number of aliphatic hydroxyl groups is 1. The Balaban J connectivity index is 1.65. The molecule has 1 aromatic rings. The maximum atomic E-state index is 12.8. The van der Waals surface area contributed by atoms with Crippen LogP contribution >= 0.6 is 0 Å². The molecule has 4 heteroatoms. The van der Waals surface area contributed by atoms with Gasteiger partial charge in [-0.1, -0.05) is 12.1 Å². The van der Waals surface area contributed by atoms with Crippen molar-refractivity contribution < 1.29 is 9.90 Å². The monoisotopic (exact) mass is 316 g/mol. The summed E-state index contributed by atoms with van der Waals surface area (Å²) < 4.78 is 0. The van der Waals surface area contributed by atoms with Crippen LogP contribution in [0.15, 0.2) is 24.3 Å². The van der Waals surface area contributed by atoms with Crippen LogP contribution in [0, 0.1) is 0 Å². The molecule has 0 saturated carbocycles. The van der Waals surface area contributed by atoms with E-state index >= 15 is 0 Å². The van der Waals surface area contributed by atoms with Crippen LogP contribution < -0.4 is 0 Å². The summed E-state index contributed by atoms with van der Waals surface area (Å²) in [4.78, 5) is 17.3. The number of benzene rings is 1. The molecule has 2 heterocycles. The fourth-order valence-corrected chi connectivity index (χ4v) is 3.67. The molecule has 2 saturated heterocycles. The third-order valence-corrected chi connectivity index (χ3v) is 5.07. The molecule has 2 fully saturated rings. The molecule has 0 aliphatic carbocycles. The molecule has 23 heavy (non-hydrogen) atoms. The Bertz CT molecular complexity index is 565. The largest absolute Gasteiger partial charge is 0.390 e. The van der Waals surface area contributed by atoms with E-state index in [9.17, 15) is 9.90 Å². The predicted octanol–water partition coefficient (Wildman–Crippen LogP) is 2.31. The van der Waals surface area contributed by atoms with Crippen molar-refractivity contribution in [2.75, 3.05) is 26.2 Å². The lowest BCUT2D eigenvalue weighted by molar-refractivity contribution is 0.0571. The highest BCUT2D eigenvalue weighted by atomic mass is 16.3. The van der Waals surface area contributed by atoms with Gasteiger partial charge in [-0.2, -0.15) is 0 Å². The normalized spacial score (nSPS) is 22.2. The number of rotatable bonds is 4. The van der Waals surface area contributed by atoms with Crippen LogP contribution in [0.4, 0.5) is 0 Å². The molecular formula is C19H28N2O2. The van der Waals surface area contributed by atoms with E-state index in [1.807, 2.05) is 43.0 Å². The van der Waals surface area contributed by atoms with Gasteiger partial charge in [-0.05, 0) is 63.8 Å². The number of nitrogens with zero attached hydrogens (tertiary/aromatic N) is 2.